The van der Waals surface area contributed by atoms with Gasteiger partial charge in [0, 0.05) is 18.7 Å². The number of hydrogen-bond acceptors (Lipinski definition) is 5. The average Bonchev–Trinajstić information content (AvgIpc) is 2.89. The molecule has 0 aliphatic rings. The standard InChI is InChI=1S/C18H19N3O5S/c1-27(24,25)20-14-7-4-6-13(12-14)19-17(22)10-5-11-21-15-8-2-3-9-16(15)26-18(21)23/h2-4,6-9,12,20H,5,10-11H2,1H3,(H,19,22). The number of rotatable bonds is 7. The number of oxazole rings is 1. The number of para-hydroxylation sites is 2. The van der Waals surface area contributed by atoms with E-state index in [-0.39, 0.29) is 12.3 Å². The molecule has 0 bridgehead atoms. The van der Waals surface area contributed by atoms with Gasteiger partial charge < -0.3 is 9.73 Å². The molecule has 1 amide bonds. The van der Waals surface area contributed by atoms with Crippen molar-refractivity contribution in [3.63, 3.8) is 0 Å². The SMILES string of the molecule is CS(=O)(=O)Nc1cccc(NC(=O)CCCn2c(=O)oc3ccccc32)c1. The van der Waals surface area contributed by atoms with Gasteiger partial charge >= 0.3 is 5.76 Å². The number of hydrogen-bond donors (Lipinski definition) is 2. The van der Waals surface area contributed by atoms with E-state index in [0.29, 0.717) is 35.4 Å². The molecule has 0 aliphatic heterocycles. The van der Waals surface area contributed by atoms with Crippen LogP contribution >= 0.6 is 0 Å². The maximum atomic E-state index is 12.1. The number of nitrogens with one attached hydrogen (secondary N) is 2. The van der Waals surface area contributed by atoms with Crippen LogP contribution in [0.15, 0.2) is 57.7 Å². The molecule has 27 heavy (non-hydrogen) atoms. The number of benzene rings is 2. The molecule has 0 atom stereocenters. The summed E-state index contributed by atoms with van der Waals surface area (Å²) < 4.78 is 31.6. The maximum Gasteiger partial charge on any atom is 0.419 e. The van der Waals surface area contributed by atoms with Crippen molar-refractivity contribution in [3.8, 4) is 0 Å². The van der Waals surface area contributed by atoms with Gasteiger partial charge in [0.05, 0.1) is 17.5 Å². The summed E-state index contributed by atoms with van der Waals surface area (Å²) in [4.78, 5) is 24.0. The summed E-state index contributed by atoms with van der Waals surface area (Å²) in [5.74, 6) is -0.677. The third kappa shape index (κ3) is 4.98. The Kier molecular flexibility index (Phi) is 5.31. The van der Waals surface area contributed by atoms with Crippen LogP contribution in [0.1, 0.15) is 12.8 Å². The van der Waals surface area contributed by atoms with Gasteiger partial charge in [-0.15, -0.1) is 0 Å². The van der Waals surface area contributed by atoms with Crippen molar-refractivity contribution >= 4 is 38.4 Å². The Balaban J connectivity index is 1.58. The fourth-order valence-corrected chi connectivity index (χ4v) is 3.28. The van der Waals surface area contributed by atoms with E-state index in [9.17, 15) is 18.0 Å². The second kappa shape index (κ2) is 7.67. The lowest BCUT2D eigenvalue weighted by molar-refractivity contribution is -0.116. The molecule has 0 saturated carbocycles. The molecule has 2 aromatic carbocycles. The van der Waals surface area contributed by atoms with E-state index in [1.165, 1.54) is 10.6 Å². The molecule has 0 radical (unpaired) electrons. The molecule has 1 aromatic heterocycles. The van der Waals surface area contributed by atoms with E-state index in [1.807, 2.05) is 6.07 Å². The predicted molar refractivity (Wildman–Crippen MR) is 103 cm³/mol. The lowest BCUT2D eigenvalue weighted by Crippen LogP contribution is -2.17. The van der Waals surface area contributed by atoms with Gasteiger partial charge in [0.15, 0.2) is 5.58 Å². The number of amides is 1. The molecule has 1 heterocycles. The topological polar surface area (TPSA) is 110 Å². The Morgan fingerprint density at radius 2 is 1.85 bits per heavy atom. The number of nitrogens with zero attached hydrogens (tertiary/aromatic N) is 1. The van der Waals surface area contributed by atoms with Crippen LogP contribution in [-0.4, -0.2) is 25.1 Å². The minimum atomic E-state index is -3.39. The molecule has 3 aromatic rings. The Labute approximate surface area is 155 Å². The molecule has 142 valence electrons. The van der Waals surface area contributed by atoms with Crippen LogP contribution in [-0.2, 0) is 21.4 Å². The van der Waals surface area contributed by atoms with E-state index in [0.717, 1.165) is 6.26 Å². The molecule has 3 rings (SSSR count). The number of carbonyl (C=O) groups excluding carboxylic acids is 1. The molecule has 0 aliphatic carbocycles. The van der Waals surface area contributed by atoms with E-state index in [2.05, 4.69) is 10.0 Å². The number of aromatic nitrogens is 1. The second-order valence-electron chi connectivity index (χ2n) is 6.09. The van der Waals surface area contributed by atoms with Crippen LogP contribution in [0.4, 0.5) is 11.4 Å². The van der Waals surface area contributed by atoms with Crippen LogP contribution in [0.25, 0.3) is 11.1 Å². The highest BCUT2D eigenvalue weighted by atomic mass is 32.2. The normalized spacial score (nSPS) is 11.4. The monoisotopic (exact) mass is 389 g/mol. The first-order valence-electron chi connectivity index (χ1n) is 8.28. The highest BCUT2D eigenvalue weighted by molar-refractivity contribution is 7.92. The van der Waals surface area contributed by atoms with Gasteiger partial charge in [-0.2, -0.15) is 0 Å². The summed E-state index contributed by atoms with van der Waals surface area (Å²) in [6.07, 6.45) is 1.71. The Hall–Kier alpha value is -3.07. The molecule has 9 heteroatoms. The van der Waals surface area contributed by atoms with Gasteiger partial charge in [-0.1, -0.05) is 18.2 Å². The fourth-order valence-electron chi connectivity index (χ4n) is 2.72. The average molecular weight is 389 g/mol. The molecule has 2 N–H and O–H groups in total. The quantitative estimate of drug-likeness (QED) is 0.645. The zero-order valence-corrected chi connectivity index (χ0v) is 15.5. The third-order valence-electron chi connectivity index (χ3n) is 3.81. The lowest BCUT2D eigenvalue weighted by Gasteiger charge is -2.08. The third-order valence-corrected chi connectivity index (χ3v) is 4.42. The molecule has 8 nitrogen and oxygen atoms in total. The predicted octanol–water partition coefficient (Wildman–Crippen LogP) is 2.38. The summed E-state index contributed by atoms with van der Waals surface area (Å²) in [5.41, 5.74) is 2.07. The van der Waals surface area contributed by atoms with Gasteiger partial charge in [0.2, 0.25) is 15.9 Å². The fraction of sp³-hybridized carbons (Fsp3) is 0.222. The highest BCUT2D eigenvalue weighted by Gasteiger charge is 2.10. The molecule has 0 unspecified atom stereocenters. The van der Waals surface area contributed by atoms with Crippen molar-refractivity contribution in [1.29, 1.82) is 0 Å². The summed E-state index contributed by atoms with van der Waals surface area (Å²) in [7, 11) is -3.39. The number of carbonyl (C=O) groups is 1. The van der Waals surface area contributed by atoms with E-state index >= 15 is 0 Å². The van der Waals surface area contributed by atoms with Gasteiger partial charge in [-0.05, 0) is 36.8 Å². The zero-order valence-electron chi connectivity index (χ0n) is 14.6. The van der Waals surface area contributed by atoms with Crippen LogP contribution in [0.5, 0.6) is 0 Å². The van der Waals surface area contributed by atoms with Gasteiger partial charge in [0.1, 0.15) is 0 Å². The number of sulfonamides is 1. The summed E-state index contributed by atoms with van der Waals surface area (Å²) in [5, 5.41) is 2.72. The molecule has 0 fully saturated rings. The number of anilines is 2. The van der Waals surface area contributed by atoms with Crippen molar-refractivity contribution in [2.75, 3.05) is 16.3 Å². The Morgan fingerprint density at radius 1 is 1.11 bits per heavy atom. The zero-order chi connectivity index (χ0) is 19.4. The first-order chi connectivity index (χ1) is 12.8. The molecule has 0 saturated heterocycles. The first kappa shape index (κ1) is 18.7. The Bertz CT molecular complexity index is 1130. The Morgan fingerprint density at radius 3 is 2.63 bits per heavy atom. The van der Waals surface area contributed by atoms with Crippen molar-refractivity contribution in [1.82, 2.24) is 4.57 Å². The van der Waals surface area contributed by atoms with Crippen LogP contribution in [0.3, 0.4) is 0 Å². The van der Waals surface area contributed by atoms with E-state index in [1.54, 1.807) is 36.4 Å². The highest BCUT2D eigenvalue weighted by Crippen LogP contribution is 2.17. The molecular formula is C18H19N3O5S. The smallest absolute Gasteiger partial charge is 0.408 e. The van der Waals surface area contributed by atoms with E-state index in [4.69, 9.17) is 4.42 Å². The van der Waals surface area contributed by atoms with Gasteiger partial charge in [-0.25, -0.2) is 13.2 Å². The number of aryl methyl sites for hydroxylation is 1. The van der Waals surface area contributed by atoms with Crippen molar-refractivity contribution in [2.24, 2.45) is 0 Å². The van der Waals surface area contributed by atoms with Crippen LogP contribution in [0, 0.1) is 0 Å². The first-order valence-corrected chi connectivity index (χ1v) is 10.2. The molecule has 0 spiro atoms. The molecular weight excluding hydrogens is 370 g/mol. The minimum absolute atomic E-state index is 0.204. The second-order valence-corrected chi connectivity index (χ2v) is 7.84. The van der Waals surface area contributed by atoms with Crippen molar-refractivity contribution in [3.05, 3.63) is 59.1 Å². The summed E-state index contributed by atoms with van der Waals surface area (Å²) >= 11 is 0. The lowest BCUT2D eigenvalue weighted by atomic mass is 10.2. The summed E-state index contributed by atoms with van der Waals surface area (Å²) in [6.45, 7) is 0.360. The minimum Gasteiger partial charge on any atom is -0.408 e. The van der Waals surface area contributed by atoms with Gasteiger partial charge in [-0.3, -0.25) is 14.1 Å². The van der Waals surface area contributed by atoms with Crippen molar-refractivity contribution < 1.29 is 17.6 Å². The number of fused-ring (bicyclic) bond motifs is 1. The van der Waals surface area contributed by atoms with Gasteiger partial charge in [0.25, 0.3) is 0 Å². The van der Waals surface area contributed by atoms with E-state index < -0.39 is 15.8 Å². The largest absolute Gasteiger partial charge is 0.419 e. The van der Waals surface area contributed by atoms with Crippen molar-refractivity contribution in [2.45, 2.75) is 19.4 Å². The van der Waals surface area contributed by atoms with Crippen LogP contribution < -0.4 is 15.8 Å². The van der Waals surface area contributed by atoms with Crippen LogP contribution in [0.2, 0.25) is 0 Å². The summed E-state index contributed by atoms with van der Waals surface area (Å²) in [6, 6.07) is 13.5. The maximum absolute atomic E-state index is 12.1.